The molecule has 1 aliphatic heterocycles. The van der Waals surface area contributed by atoms with Crippen molar-refractivity contribution in [2.24, 2.45) is 0 Å². The third kappa shape index (κ3) is 5.95. The molecule has 1 amide bonds. The van der Waals surface area contributed by atoms with Crippen molar-refractivity contribution in [3.05, 3.63) is 41.4 Å². The first-order valence-corrected chi connectivity index (χ1v) is 11.2. The average molecular weight is 498 g/mol. The lowest BCUT2D eigenvalue weighted by Crippen LogP contribution is -2.36. The van der Waals surface area contributed by atoms with Gasteiger partial charge in [-0.3, -0.25) is 9.69 Å². The Morgan fingerprint density at radius 1 is 1.12 bits per heavy atom. The van der Waals surface area contributed by atoms with Crippen molar-refractivity contribution >= 4 is 56.6 Å². The van der Waals surface area contributed by atoms with Gasteiger partial charge in [0.2, 0.25) is 0 Å². The van der Waals surface area contributed by atoms with Crippen molar-refractivity contribution in [2.45, 2.75) is 6.42 Å². The van der Waals surface area contributed by atoms with Gasteiger partial charge < -0.3 is 19.1 Å². The van der Waals surface area contributed by atoms with Gasteiger partial charge in [-0.2, -0.15) is 0 Å². The van der Waals surface area contributed by atoms with Gasteiger partial charge in [-0.05, 0) is 51.3 Å². The van der Waals surface area contributed by atoms with Gasteiger partial charge in [0.15, 0.2) is 23.2 Å². The fourth-order valence-electron chi connectivity index (χ4n) is 3.19. The monoisotopic (exact) mass is 497 g/mol. The van der Waals surface area contributed by atoms with E-state index in [2.05, 4.69) is 4.90 Å². The minimum Gasteiger partial charge on any atom is -0.486 e. The molecule has 0 fully saturated rings. The molecule has 1 aromatic heterocycles. The fraction of sp³-hybridized carbons (Fsp3) is 0.364. The van der Waals surface area contributed by atoms with Crippen LogP contribution in [0.1, 0.15) is 6.42 Å². The summed E-state index contributed by atoms with van der Waals surface area (Å²) in [5.41, 5.74) is 0.785. The van der Waals surface area contributed by atoms with Crippen molar-refractivity contribution in [3.63, 3.8) is 0 Å². The third-order valence-corrected chi connectivity index (χ3v) is 6.03. The highest BCUT2D eigenvalue weighted by Crippen LogP contribution is 2.38. The number of ether oxygens (including phenoxy) is 3. The molecule has 3 aromatic rings. The molecule has 0 saturated carbocycles. The highest BCUT2D eigenvalue weighted by atomic mass is 35.5. The lowest BCUT2D eigenvalue weighted by atomic mass is 10.3. The standard InChI is InChI=1S/C22H24ClN3O4S.ClH/c1-25(2)8-3-9-26(21(27)14-30-16-6-4-15(23)5-7-16)22-24-17-12-18-19(13-20(17)31-22)29-11-10-28-18;/h4-7,12-13H,3,8-11,14H2,1-2H3;1H. The molecule has 7 nitrogen and oxygen atoms in total. The molecule has 172 valence electrons. The molecule has 0 spiro atoms. The minimum atomic E-state index is -0.148. The number of rotatable bonds is 8. The summed E-state index contributed by atoms with van der Waals surface area (Å²) >= 11 is 7.37. The van der Waals surface area contributed by atoms with Gasteiger partial charge in [0.1, 0.15) is 19.0 Å². The molecule has 0 atom stereocenters. The molecule has 0 N–H and O–H groups in total. The number of carbonyl (C=O) groups excluding carboxylic acids is 1. The lowest BCUT2D eigenvalue weighted by molar-refractivity contribution is -0.120. The summed E-state index contributed by atoms with van der Waals surface area (Å²) in [6.07, 6.45) is 0.818. The number of carbonyl (C=O) groups is 1. The maximum atomic E-state index is 13.1. The summed E-state index contributed by atoms with van der Waals surface area (Å²) in [6.45, 7) is 2.38. The highest BCUT2D eigenvalue weighted by molar-refractivity contribution is 7.22. The maximum absolute atomic E-state index is 13.1. The molecular formula is C22H25Cl2N3O4S. The van der Waals surface area contributed by atoms with Crippen molar-refractivity contribution in [1.82, 2.24) is 9.88 Å². The van der Waals surface area contributed by atoms with Crippen LogP contribution in [0.5, 0.6) is 17.2 Å². The summed E-state index contributed by atoms with van der Waals surface area (Å²) in [5.74, 6) is 1.85. The SMILES string of the molecule is CN(C)CCCN(C(=O)COc1ccc(Cl)cc1)c1nc2cc3c(cc2s1)OCCO3.Cl. The first-order chi connectivity index (χ1) is 15.0. The summed E-state index contributed by atoms with van der Waals surface area (Å²) in [6, 6.07) is 10.8. The van der Waals surface area contributed by atoms with Gasteiger partial charge in [0.25, 0.3) is 5.91 Å². The van der Waals surface area contributed by atoms with E-state index in [4.69, 9.17) is 30.8 Å². The molecule has 2 heterocycles. The zero-order valence-corrected chi connectivity index (χ0v) is 20.3. The van der Waals surface area contributed by atoms with Crippen LogP contribution < -0.4 is 19.1 Å². The smallest absolute Gasteiger partial charge is 0.266 e. The Bertz CT molecular complexity index is 1020. The molecule has 0 radical (unpaired) electrons. The van der Waals surface area contributed by atoms with Crippen LogP contribution in [-0.4, -0.2) is 62.8 Å². The number of hydrogen-bond acceptors (Lipinski definition) is 7. The Labute approximate surface area is 202 Å². The number of halogens is 2. The molecular weight excluding hydrogens is 473 g/mol. The topological polar surface area (TPSA) is 64.1 Å². The quantitative estimate of drug-likeness (QED) is 0.456. The highest BCUT2D eigenvalue weighted by Gasteiger charge is 2.22. The summed E-state index contributed by atoms with van der Waals surface area (Å²) in [5, 5.41) is 1.26. The van der Waals surface area contributed by atoms with Crippen molar-refractivity contribution in [2.75, 3.05) is 51.9 Å². The molecule has 0 aliphatic carbocycles. The predicted molar refractivity (Wildman–Crippen MR) is 130 cm³/mol. The number of benzene rings is 2. The summed E-state index contributed by atoms with van der Waals surface area (Å²) in [4.78, 5) is 21.6. The number of fused-ring (bicyclic) bond motifs is 2. The number of thiazole rings is 1. The Balaban J connectivity index is 0.00000289. The molecule has 2 aromatic carbocycles. The maximum Gasteiger partial charge on any atom is 0.266 e. The van der Waals surface area contributed by atoms with Gasteiger partial charge >= 0.3 is 0 Å². The molecule has 10 heteroatoms. The van der Waals surface area contributed by atoms with E-state index in [1.807, 2.05) is 26.2 Å². The van der Waals surface area contributed by atoms with Gasteiger partial charge in [-0.1, -0.05) is 22.9 Å². The minimum absolute atomic E-state index is 0. The van der Waals surface area contributed by atoms with Crippen molar-refractivity contribution in [1.29, 1.82) is 0 Å². The second-order valence-electron chi connectivity index (χ2n) is 7.40. The van der Waals surface area contributed by atoms with Crippen LogP contribution in [0.2, 0.25) is 5.02 Å². The Kier molecular flexibility index (Phi) is 8.42. The molecule has 0 saturated heterocycles. The number of anilines is 1. The molecule has 32 heavy (non-hydrogen) atoms. The zero-order valence-electron chi connectivity index (χ0n) is 17.9. The largest absolute Gasteiger partial charge is 0.486 e. The second-order valence-corrected chi connectivity index (χ2v) is 8.85. The van der Waals surface area contributed by atoms with Crippen LogP contribution in [0.4, 0.5) is 5.13 Å². The molecule has 4 rings (SSSR count). The number of amides is 1. The van der Waals surface area contributed by atoms with Crippen molar-refractivity contribution < 1.29 is 19.0 Å². The summed E-state index contributed by atoms with van der Waals surface area (Å²) in [7, 11) is 4.02. The van der Waals surface area contributed by atoms with Gasteiger partial charge in [0.05, 0.1) is 10.2 Å². The van der Waals surface area contributed by atoms with E-state index in [-0.39, 0.29) is 24.9 Å². The molecule has 0 unspecified atom stereocenters. The van der Waals surface area contributed by atoms with E-state index in [1.165, 1.54) is 11.3 Å². The van der Waals surface area contributed by atoms with Crippen LogP contribution in [0.25, 0.3) is 10.2 Å². The van der Waals surface area contributed by atoms with Gasteiger partial charge in [-0.25, -0.2) is 4.98 Å². The van der Waals surface area contributed by atoms with Gasteiger partial charge in [0, 0.05) is 23.7 Å². The van der Waals surface area contributed by atoms with E-state index in [0.717, 1.165) is 23.2 Å². The molecule has 0 bridgehead atoms. The zero-order chi connectivity index (χ0) is 21.8. The van der Waals surface area contributed by atoms with E-state index in [0.29, 0.717) is 47.2 Å². The van der Waals surface area contributed by atoms with Crippen LogP contribution in [0.3, 0.4) is 0 Å². The predicted octanol–water partition coefficient (Wildman–Crippen LogP) is 4.51. The second kappa shape index (κ2) is 11.0. The lowest BCUT2D eigenvalue weighted by Gasteiger charge is -2.21. The van der Waals surface area contributed by atoms with Crippen LogP contribution in [0.15, 0.2) is 36.4 Å². The Morgan fingerprint density at radius 3 is 2.50 bits per heavy atom. The number of nitrogens with zero attached hydrogens (tertiary/aromatic N) is 3. The van der Waals surface area contributed by atoms with Gasteiger partial charge in [-0.15, -0.1) is 12.4 Å². The van der Waals surface area contributed by atoms with Crippen LogP contribution >= 0.6 is 35.3 Å². The fourth-order valence-corrected chi connectivity index (χ4v) is 4.34. The average Bonchev–Trinajstić information content (AvgIpc) is 3.16. The first-order valence-electron chi connectivity index (χ1n) is 10.0. The van der Waals surface area contributed by atoms with Crippen LogP contribution in [-0.2, 0) is 4.79 Å². The Hall–Kier alpha value is -2.26. The van der Waals surface area contributed by atoms with E-state index in [1.54, 1.807) is 29.2 Å². The number of aromatic nitrogens is 1. The first kappa shape index (κ1) is 24.4. The summed E-state index contributed by atoms with van der Waals surface area (Å²) < 4.78 is 18.0. The van der Waals surface area contributed by atoms with E-state index in [9.17, 15) is 4.79 Å². The molecule has 1 aliphatic rings. The van der Waals surface area contributed by atoms with E-state index < -0.39 is 0 Å². The van der Waals surface area contributed by atoms with E-state index >= 15 is 0 Å². The normalized spacial score (nSPS) is 12.5. The third-order valence-electron chi connectivity index (χ3n) is 4.74. The number of hydrogen-bond donors (Lipinski definition) is 0. The van der Waals surface area contributed by atoms with Crippen LogP contribution in [0, 0.1) is 0 Å². The Morgan fingerprint density at radius 2 is 1.81 bits per heavy atom. The van der Waals surface area contributed by atoms with Crippen molar-refractivity contribution in [3.8, 4) is 17.2 Å².